The van der Waals surface area contributed by atoms with Gasteiger partial charge in [-0.2, -0.15) is 0 Å². The summed E-state index contributed by atoms with van der Waals surface area (Å²) in [5.74, 6) is 0. The predicted octanol–water partition coefficient (Wildman–Crippen LogP) is 38.0. The van der Waals surface area contributed by atoms with Gasteiger partial charge in [0.05, 0.1) is 0 Å². The Bertz CT molecular complexity index is 5750. The molecule has 0 spiro atoms. The highest BCUT2D eigenvalue weighted by Crippen LogP contribution is 2.44. The smallest absolute Gasteiger partial charge is 0.0109 e. The van der Waals surface area contributed by atoms with E-state index in [9.17, 15) is 0 Å². The lowest BCUT2D eigenvalue weighted by Gasteiger charge is -2.31. The molecule has 0 unspecified atom stereocenters. The summed E-state index contributed by atoms with van der Waals surface area (Å²) < 4.78 is 0. The largest absolute Gasteiger partial charge is 0.0616 e. The summed E-state index contributed by atoms with van der Waals surface area (Å²) in [7, 11) is 0. The summed E-state index contributed by atoms with van der Waals surface area (Å²) in [6.07, 6.45) is 0. The molecule has 0 fully saturated rings. The molecule has 14 aromatic rings. The Balaban J connectivity index is 0.000000182. The molecular formula is C126H168. The van der Waals surface area contributed by atoms with Gasteiger partial charge in [-0.1, -0.05) is 546 Å². The Morgan fingerprint density at radius 1 is 0.119 bits per heavy atom. The van der Waals surface area contributed by atoms with E-state index in [1.807, 2.05) is 0 Å². The van der Waals surface area contributed by atoms with Crippen molar-refractivity contribution < 1.29 is 0 Å². The minimum Gasteiger partial charge on any atom is -0.0616 e. The molecule has 0 amide bonds. The highest BCUT2D eigenvalue weighted by Gasteiger charge is 2.30. The molecule has 0 saturated heterocycles. The summed E-state index contributed by atoms with van der Waals surface area (Å²) in [6, 6.07) is 94.4. The topological polar surface area (TPSA) is 0 Å². The van der Waals surface area contributed by atoms with E-state index in [0.29, 0.717) is 0 Å². The summed E-state index contributed by atoms with van der Waals surface area (Å²) in [6.45, 7) is 95.7. The second-order valence-electron chi connectivity index (χ2n) is 50.7. The maximum atomic E-state index is 2.37. The van der Waals surface area contributed by atoms with Gasteiger partial charge in [0, 0.05) is 0 Å². The van der Waals surface area contributed by atoms with Crippen molar-refractivity contribution in [2.24, 2.45) is 0 Å². The maximum absolute atomic E-state index is 2.37. The van der Waals surface area contributed by atoms with E-state index < -0.39 is 0 Å². The molecule has 0 saturated carbocycles. The average Bonchev–Trinajstić information content (AvgIpc) is 0.767. The Hall–Kier alpha value is -9.10. The lowest BCUT2D eigenvalue weighted by molar-refractivity contribution is 0.534. The van der Waals surface area contributed by atoms with E-state index in [0.717, 1.165) is 0 Å². The molecule has 0 atom stereocenters. The van der Waals surface area contributed by atoms with Crippen molar-refractivity contribution in [2.75, 3.05) is 0 Å². The Morgan fingerprint density at radius 3 is 0.706 bits per heavy atom. The van der Waals surface area contributed by atoms with Crippen LogP contribution in [0.2, 0.25) is 0 Å². The van der Waals surface area contributed by atoms with Gasteiger partial charge in [0.2, 0.25) is 0 Å². The third-order valence-corrected chi connectivity index (χ3v) is 24.8. The van der Waals surface area contributed by atoms with Crippen LogP contribution >= 0.6 is 0 Å². The molecule has 0 bridgehead atoms. The molecule has 126 heavy (non-hydrogen) atoms. The number of rotatable bonds is 0. The van der Waals surface area contributed by atoms with E-state index in [4.69, 9.17) is 0 Å². The average molecular weight is 1680 g/mol. The number of benzene rings is 14. The molecule has 0 heterocycles. The third kappa shape index (κ3) is 26.6. The fourth-order valence-corrected chi connectivity index (χ4v) is 17.1. The standard InChI is InChI=1S/7C18H24/c1-17(2,3)15-11-7-10-14-13(15)9-8-12-16(14)18(4,5)6;1-17(2,3)15-9-7-14-12-16(18(4,5)6)10-8-13(14)11-15;1-17(2,3)15-9-7-13-8-10-16(18(4,5)6)12-14(13)11-15;1-17(2,3)14-11-7-9-13-10-8-12-15(16(13)14)18(4,5)6;1-17(2,3)14-10-11-15-13(12-14)8-7-9-16(15)18(4,5)6;1-17(2,3)14-11-10-13-8-7-9-16(15(13)12-14)18(4,5)6;1-17(2,3)15-12-11-13-9-7-8-10-14(13)16(15)18(4,5)6/h7*7-12H,1-6H3. The highest BCUT2D eigenvalue weighted by molar-refractivity contribution is 5.94. The van der Waals surface area contributed by atoms with Crippen molar-refractivity contribution in [2.45, 2.75) is 367 Å². The molecule has 0 aliphatic carbocycles. The molecular weight excluding hydrogens is 1510 g/mol. The third-order valence-electron chi connectivity index (χ3n) is 24.8. The molecule has 0 heteroatoms. The minimum absolute atomic E-state index is 0.170. The Labute approximate surface area is 769 Å². The first-order valence-electron chi connectivity index (χ1n) is 47.1. The quantitative estimate of drug-likeness (QED) is 0.142. The van der Waals surface area contributed by atoms with Gasteiger partial charge in [0.15, 0.2) is 0 Å². The van der Waals surface area contributed by atoms with E-state index in [2.05, 4.69) is 546 Å². The van der Waals surface area contributed by atoms with Crippen LogP contribution < -0.4 is 0 Å². The summed E-state index contributed by atoms with van der Waals surface area (Å²) >= 11 is 0. The van der Waals surface area contributed by atoms with Crippen molar-refractivity contribution in [3.63, 3.8) is 0 Å². The minimum atomic E-state index is 0.170. The van der Waals surface area contributed by atoms with Crippen LogP contribution in [0.4, 0.5) is 0 Å². The van der Waals surface area contributed by atoms with E-state index in [1.54, 1.807) is 0 Å². The molecule has 0 nitrogen and oxygen atoms in total. The zero-order valence-electron chi connectivity index (χ0n) is 87.2. The zero-order valence-corrected chi connectivity index (χ0v) is 87.2. The van der Waals surface area contributed by atoms with Crippen molar-refractivity contribution in [3.8, 4) is 0 Å². The summed E-state index contributed by atoms with van der Waals surface area (Å²) in [4.78, 5) is 0. The molecule has 0 aliphatic heterocycles. The SMILES string of the molecule is CC(C)(C)c1ccc2c(C(C)(C)C)cccc2c1.CC(C)(C)c1ccc2cc(C(C)(C)C)ccc2c1.CC(C)(C)c1ccc2ccc(C(C)(C)C)cc2c1.CC(C)(C)c1ccc2cccc(C(C)(C)C)c2c1.CC(C)(C)c1ccc2ccccc2c1C(C)(C)C.CC(C)(C)c1cccc2c(C(C)(C)C)cccc12.CC(C)(C)c1cccc2cccc(C(C)(C)C)c12. The molecule has 0 radical (unpaired) electrons. The van der Waals surface area contributed by atoms with Gasteiger partial charge in [-0.25, -0.2) is 0 Å². The van der Waals surface area contributed by atoms with Crippen LogP contribution in [0.1, 0.15) is 369 Å². The summed E-state index contributed by atoms with van der Waals surface area (Å²) in [5.41, 5.74) is 22.8. The Morgan fingerprint density at radius 2 is 0.357 bits per heavy atom. The molecule has 0 aliphatic rings. The van der Waals surface area contributed by atoms with Gasteiger partial charge in [0.25, 0.3) is 0 Å². The van der Waals surface area contributed by atoms with Gasteiger partial charge < -0.3 is 0 Å². The van der Waals surface area contributed by atoms with Crippen LogP contribution in [0.3, 0.4) is 0 Å². The van der Waals surface area contributed by atoms with Crippen molar-refractivity contribution in [1.29, 1.82) is 0 Å². The van der Waals surface area contributed by atoms with E-state index in [1.165, 1.54) is 153 Å². The lowest BCUT2D eigenvalue weighted by atomic mass is 9.73. The monoisotopic (exact) mass is 1680 g/mol. The number of hydrogen-bond acceptors (Lipinski definition) is 0. The van der Waals surface area contributed by atoms with E-state index in [-0.39, 0.29) is 75.8 Å². The van der Waals surface area contributed by atoms with Crippen molar-refractivity contribution >= 4 is 75.4 Å². The normalized spacial score (nSPS) is 13.0. The fourth-order valence-electron chi connectivity index (χ4n) is 17.1. The van der Waals surface area contributed by atoms with Crippen LogP contribution in [0.15, 0.2) is 255 Å². The van der Waals surface area contributed by atoms with Crippen LogP contribution in [0.5, 0.6) is 0 Å². The number of hydrogen-bond donors (Lipinski definition) is 0. The predicted molar refractivity (Wildman–Crippen MR) is 569 cm³/mol. The van der Waals surface area contributed by atoms with Crippen molar-refractivity contribution in [1.82, 2.24) is 0 Å². The van der Waals surface area contributed by atoms with Crippen LogP contribution in [0.25, 0.3) is 75.4 Å². The lowest BCUT2D eigenvalue weighted by Crippen LogP contribution is -2.22. The van der Waals surface area contributed by atoms with E-state index >= 15 is 0 Å². The second kappa shape index (κ2) is 37.9. The van der Waals surface area contributed by atoms with Crippen LogP contribution in [0, 0.1) is 0 Å². The van der Waals surface area contributed by atoms with Gasteiger partial charge in [-0.15, -0.1) is 0 Å². The van der Waals surface area contributed by atoms with Gasteiger partial charge in [0.1, 0.15) is 0 Å². The molecule has 14 aromatic carbocycles. The molecule has 14 rings (SSSR count). The zero-order chi connectivity index (χ0) is 94.9. The van der Waals surface area contributed by atoms with Crippen molar-refractivity contribution in [3.05, 3.63) is 333 Å². The number of fused-ring (bicyclic) bond motifs is 7. The summed E-state index contributed by atoms with van der Waals surface area (Å²) in [5, 5.41) is 19.2. The molecule has 0 N–H and O–H groups in total. The fraction of sp³-hybridized carbons (Fsp3) is 0.444. The second-order valence-corrected chi connectivity index (χ2v) is 50.7. The Kier molecular flexibility index (Phi) is 30.8. The first-order valence-corrected chi connectivity index (χ1v) is 47.1. The first-order chi connectivity index (χ1) is 57.4. The van der Waals surface area contributed by atoms with Crippen LogP contribution in [-0.4, -0.2) is 0 Å². The van der Waals surface area contributed by atoms with Gasteiger partial charge in [-0.3, -0.25) is 0 Å². The van der Waals surface area contributed by atoms with Gasteiger partial charge >= 0.3 is 0 Å². The first kappa shape index (κ1) is 102. The molecule has 0 aromatic heterocycles. The highest BCUT2D eigenvalue weighted by atomic mass is 14.3. The van der Waals surface area contributed by atoms with Gasteiger partial charge in [-0.05, 0) is 229 Å². The van der Waals surface area contributed by atoms with Crippen LogP contribution in [-0.2, 0) is 75.8 Å². The maximum Gasteiger partial charge on any atom is -0.0109 e. The molecule has 672 valence electrons.